The zero-order valence-corrected chi connectivity index (χ0v) is 11.3. The number of rotatable bonds is 6. The number of aromatic nitrogens is 3. The van der Waals surface area contributed by atoms with Gasteiger partial charge < -0.3 is 5.73 Å². The summed E-state index contributed by atoms with van der Waals surface area (Å²) in [5.41, 5.74) is 7.76. The van der Waals surface area contributed by atoms with E-state index in [2.05, 4.69) is 17.2 Å². The van der Waals surface area contributed by atoms with Gasteiger partial charge in [-0.15, -0.1) is 5.10 Å². The largest absolute Gasteiger partial charge is 0.323 e. The van der Waals surface area contributed by atoms with Crippen LogP contribution < -0.4 is 5.73 Å². The number of nitrogens with two attached hydrogens (primary N) is 1. The minimum atomic E-state index is -0.416. The van der Waals surface area contributed by atoms with E-state index < -0.39 is 4.92 Å². The molecular formula is C13H17N5O2. The number of hydrogen-bond donors (Lipinski definition) is 1. The maximum atomic E-state index is 10.6. The minimum absolute atomic E-state index is 0.0815. The average Bonchev–Trinajstić information content (AvgIpc) is 2.88. The SMILES string of the molecule is CCCC(N)c1cn(Cc2ccc([N+](=O)[O-])cc2)nn1. The number of benzene rings is 1. The highest BCUT2D eigenvalue weighted by molar-refractivity contribution is 5.32. The number of non-ortho nitro benzene ring substituents is 1. The number of nitro groups is 1. The molecule has 0 amide bonds. The van der Waals surface area contributed by atoms with Crippen molar-refractivity contribution in [1.82, 2.24) is 15.0 Å². The molecule has 0 bridgehead atoms. The van der Waals surface area contributed by atoms with Crippen molar-refractivity contribution in [2.75, 3.05) is 0 Å². The molecule has 1 aromatic carbocycles. The highest BCUT2D eigenvalue weighted by atomic mass is 16.6. The Morgan fingerprint density at radius 2 is 2.10 bits per heavy atom. The molecule has 7 nitrogen and oxygen atoms in total. The van der Waals surface area contributed by atoms with Gasteiger partial charge in [0, 0.05) is 12.1 Å². The second-order valence-corrected chi connectivity index (χ2v) is 4.66. The van der Waals surface area contributed by atoms with Crippen LogP contribution in [0.4, 0.5) is 5.69 Å². The van der Waals surface area contributed by atoms with Crippen LogP contribution in [0.15, 0.2) is 30.5 Å². The topological polar surface area (TPSA) is 99.9 Å². The molecule has 2 N–H and O–H groups in total. The molecule has 20 heavy (non-hydrogen) atoms. The Kier molecular flexibility index (Phi) is 4.41. The van der Waals surface area contributed by atoms with Gasteiger partial charge in [-0.3, -0.25) is 10.1 Å². The Hall–Kier alpha value is -2.28. The Morgan fingerprint density at radius 1 is 1.40 bits per heavy atom. The predicted molar refractivity (Wildman–Crippen MR) is 74.1 cm³/mol. The second kappa shape index (κ2) is 6.25. The lowest BCUT2D eigenvalue weighted by atomic mass is 10.1. The summed E-state index contributed by atoms with van der Waals surface area (Å²) in [6.45, 7) is 2.59. The van der Waals surface area contributed by atoms with Crippen molar-refractivity contribution in [1.29, 1.82) is 0 Å². The molecule has 0 aliphatic carbocycles. The van der Waals surface area contributed by atoms with Gasteiger partial charge in [-0.05, 0) is 12.0 Å². The zero-order chi connectivity index (χ0) is 14.5. The Balaban J connectivity index is 2.04. The molecule has 0 fully saturated rings. The van der Waals surface area contributed by atoms with Crippen LogP contribution >= 0.6 is 0 Å². The Bertz CT molecular complexity index is 579. The Labute approximate surface area is 116 Å². The average molecular weight is 275 g/mol. The normalized spacial score (nSPS) is 12.3. The predicted octanol–water partition coefficient (Wildman–Crippen LogP) is 2.03. The van der Waals surface area contributed by atoms with Crippen molar-refractivity contribution in [3.63, 3.8) is 0 Å². The van der Waals surface area contributed by atoms with Crippen LogP contribution in [0.3, 0.4) is 0 Å². The van der Waals surface area contributed by atoms with Crippen molar-refractivity contribution in [3.05, 3.63) is 51.8 Å². The fourth-order valence-electron chi connectivity index (χ4n) is 1.93. The summed E-state index contributed by atoms with van der Waals surface area (Å²) in [7, 11) is 0. The fourth-order valence-corrected chi connectivity index (χ4v) is 1.93. The van der Waals surface area contributed by atoms with Gasteiger partial charge in [-0.25, -0.2) is 4.68 Å². The first-order valence-corrected chi connectivity index (χ1v) is 6.49. The van der Waals surface area contributed by atoms with Crippen LogP contribution in [-0.2, 0) is 6.54 Å². The molecule has 0 aliphatic rings. The van der Waals surface area contributed by atoms with E-state index in [1.54, 1.807) is 16.8 Å². The quantitative estimate of drug-likeness (QED) is 0.642. The summed E-state index contributed by atoms with van der Waals surface area (Å²) < 4.78 is 1.69. The second-order valence-electron chi connectivity index (χ2n) is 4.66. The minimum Gasteiger partial charge on any atom is -0.323 e. The zero-order valence-electron chi connectivity index (χ0n) is 11.3. The monoisotopic (exact) mass is 275 g/mol. The van der Waals surface area contributed by atoms with Gasteiger partial charge in [-0.1, -0.05) is 30.7 Å². The van der Waals surface area contributed by atoms with Crippen LogP contribution in [0.5, 0.6) is 0 Å². The molecule has 7 heteroatoms. The summed E-state index contributed by atoms with van der Waals surface area (Å²) in [5.74, 6) is 0. The smallest absolute Gasteiger partial charge is 0.269 e. The molecule has 2 rings (SSSR count). The first-order chi connectivity index (χ1) is 9.60. The first-order valence-electron chi connectivity index (χ1n) is 6.49. The maximum Gasteiger partial charge on any atom is 0.269 e. The van der Waals surface area contributed by atoms with E-state index in [4.69, 9.17) is 5.73 Å². The molecule has 0 saturated carbocycles. The van der Waals surface area contributed by atoms with E-state index >= 15 is 0 Å². The van der Waals surface area contributed by atoms with Gasteiger partial charge in [0.15, 0.2) is 0 Å². The lowest BCUT2D eigenvalue weighted by Crippen LogP contribution is -2.10. The summed E-state index contributed by atoms with van der Waals surface area (Å²) >= 11 is 0. The highest BCUT2D eigenvalue weighted by Crippen LogP contribution is 2.14. The molecule has 0 spiro atoms. The number of nitro benzene ring substituents is 1. The van der Waals surface area contributed by atoms with Crippen molar-refractivity contribution in [2.45, 2.75) is 32.4 Å². The van der Waals surface area contributed by atoms with Crippen molar-refractivity contribution in [3.8, 4) is 0 Å². The van der Waals surface area contributed by atoms with Crippen LogP contribution in [0.1, 0.15) is 37.1 Å². The van der Waals surface area contributed by atoms with Crippen LogP contribution in [0, 0.1) is 10.1 Å². The van der Waals surface area contributed by atoms with Gasteiger partial charge in [0.2, 0.25) is 0 Å². The van der Waals surface area contributed by atoms with Crippen LogP contribution in [-0.4, -0.2) is 19.9 Å². The van der Waals surface area contributed by atoms with E-state index in [9.17, 15) is 10.1 Å². The van der Waals surface area contributed by atoms with E-state index in [-0.39, 0.29) is 11.7 Å². The van der Waals surface area contributed by atoms with Crippen molar-refractivity contribution < 1.29 is 4.92 Å². The van der Waals surface area contributed by atoms with Crippen LogP contribution in [0.25, 0.3) is 0 Å². The number of hydrogen-bond acceptors (Lipinski definition) is 5. The van der Waals surface area contributed by atoms with Gasteiger partial charge >= 0.3 is 0 Å². The summed E-state index contributed by atoms with van der Waals surface area (Å²) in [4.78, 5) is 10.2. The molecule has 1 atom stereocenters. The van der Waals surface area contributed by atoms with E-state index in [0.29, 0.717) is 6.54 Å². The lowest BCUT2D eigenvalue weighted by Gasteiger charge is -2.04. The molecule has 106 valence electrons. The maximum absolute atomic E-state index is 10.6. The molecule has 0 aliphatic heterocycles. The highest BCUT2D eigenvalue weighted by Gasteiger charge is 2.10. The van der Waals surface area contributed by atoms with E-state index in [1.807, 2.05) is 6.20 Å². The summed E-state index contributed by atoms with van der Waals surface area (Å²) in [6, 6.07) is 6.30. The van der Waals surface area contributed by atoms with Gasteiger partial charge in [0.1, 0.15) is 0 Å². The molecule has 1 unspecified atom stereocenters. The first kappa shape index (κ1) is 14.1. The van der Waals surface area contributed by atoms with Gasteiger partial charge in [-0.2, -0.15) is 0 Å². The van der Waals surface area contributed by atoms with Crippen LogP contribution in [0.2, 0.25) is 0 Å². The lowest BCUT2D eigenvalue weighted by molar-refractivity contribution is -0.384. The fraction of sp³-hybridized carbons (Fsp3) is 0.385. The summed E-state index contributed by atoms with van der Waals surface area (Å²) in [5, 5.41) is 18.7. The van der Waals surface area contributed by atoms with E-state index in [1.165, 1.54) is 12.1 Å². The molecule has 0 radical (unpaired) electrons. The third kappa shape index (κ3) is 3.39. The number of nitrogens with zero attached hydrogens (tertiary/aromatic N) is 4. The third-order valence-electron chi connectivity index (χ3n) is 3.03. The standard InChI is InChI=1S/C13H17N5O2/c1-2-3-12(14)13-9-17(16-15-13)8-10-4-6-11(7-5-10)18(19)20/h4-7,9,12H,2-3,8,14H2,1H3. The molecular weight excluding hydrogens is 258 g/mol. The summed E-state index contributed by atoms with van der Waals surface area (Å²) in [6.07, 6.45) is 3.69. The van der Waals surface area contributed by atoms with Gasteiger partial charge in [0.25, 0.3) is 5.69 Å². The molecule has 2 aromatic rings. The molecule has 1 aromatic heterocycles. The molecule has 0 saturated heterocycles. The molecule has 1 heterocycles. The Morgan fingerprint density at radius 3 is 2.70 bits per heavy atom. The van der Waals surface area contributed by atoms with Crippen molar-refractivity contribution >= 4 is 5.69 Å². The van der Waals surface area contributed by atoms with Gasteiger partial charge in [0.05, 0.1) is 29.4 Å². The van der Waals surface area contributed by atoms with Crippen molar-refractivity contribution in [2.24, 2.45) is 5.73 Å². The van der Waals surface area contributed by atoms with E-state index in [0.717, 1.165) is 24.1 Å². The third-order valence-corrected chi connectivity index (χ3v) is 3.03.